The number of carboxylic acid groups (broad SMARTS) is 1. The van der Waals surface area contributed by atoms with Crippen LogP contribution in [0.3, 0.4) is 0 Å². The number of hydrogen-bond donors (Lipinski definition) is 5. The number of aryl methyl sites for hydroxylation is 1. The maximum Gasteiger partial charge on any atom is 0.319 e. The van der Waals surface area contributed by atoms with E-state index in [4.69, 9.17) is 11.6 Å². The maximum atomic E-state index is 13.0. The number of H-pyrrole nitrogens is 1. The lowest BCUT2D eigenvalue weighted by Gasteiger charge is -2.26. The van der Waals surface area contributed by atoms with Gasteiger partial charge in [-0.25, -0.2) is 4.79 Å². The second-order valence-corrected chi connectivity index (χ2v) is 10.1. The number of halogens is 1. The molecule has 2 amide bonds. The molecule has 1 atom stereocenters. The Morgan fingerprint density at radius 2 is 1.69 bits per heavy atom. The predicted molar refractivity (Wildman–Crippen MR) is 143 cm³/mol. The van der Waals surface area contributed by atoms with Crippen LogP contribution in [0.1, 0.15) is 55.5 Å². The van der Waals surface area contributed by atoms with Crippen LogP contribution in [0.5, 0.6) is 0 Å². The summed E-state index contributed by atoms with van der Waals surface area (Å²) in [5, 5.41) is 18.6. The topological polar surface area (TPSA) is 123 Å². The van der Waals surface area contributed by atoms with E-state index in [1.165, 1.54) is 0 Å². The molecule has 3 aromatic rings. The van der Waals surface area contributed by atoms with Crippen LogP contribution in [-0.4, -0.2) is 27.6 Å². The first-order valence-electron chi connectivity index (χ1n) is 11.5. The minimum atomic E-state index is -1.06. The largest absolute Gasteiger partial charge is 0.481 e. The summed E-state index contributed by atoms with van der Waals surface area (Å²) in [5.41, 5.74) is 2.82. The lowest BCUT2D eigenvalue weighted by molar-refractivity contribution is -0.137. The Kier molecular flexibility index (Phi) is 8.42. The van der Waals surface area contributed by atoms with Crippen LogP contribution in [0.2, 0.25) is 5.02 Å². The summed E-state index contributed by atoms with van der Waals surface area (Å²) in [4.78, 5) is 40.0. The maximum absolute atomic E-state index is 13.0. The number of urea groups is 1. The van der Waals surface area contributed by atoms with Gasteiger partial charge >= 0.3 is 12.0 Å². The normalized spacial score (nSPS) is 12.0. The molecule has 0 unspecified atom stereocenters. The van der Waals surface area contributed by atoms with Gasteiger partial charge in [0.05, 0.1) is 18.2 Å². The van der Waals surface area contributed by atoms with Gasteiger partial charge in [-0.15, -0.1) is 0 Å². The van der Waals surface area contributed by atoms with Crippen molar-refractivity contribution in [2.24, 2.45) is 0 Å². The van der Waals surface area contributed by atoms with Crippen molar-refractivity contribution in [2.45, 2.75) is 52.1 Å². The summed E-state index contributed by atoms with van der Waals surface area (Å²) in [6.45, 7) is 7.74. The number of benzene rings is 2. The highest BCUT2D eigenvalue weighted by molar-refractivity contribution is 6.31. The SMILES string of the molecule is Cc1ccc([C@H](CC(=O)O)NC(=O)Nc2c(NC(C)(C)C)c(Cc3ccccc3Cl)c[nH]c2=O)cc1. The Balaban J connectivity index is 1.95. The molecule has 0 fully saturated rings. The predicted octanol–water partition coefficient (Wildman–Crippen LogP) is 5.48. The van der Waals surface area contributed by atoms with Crippen molar-refractivity contribution < 1.29 is 14.7 Å². The minimum Gasteiger partial charge on any atom is -0.481 e. The van der Waals surface area contributed by atoms with Crippen molar-refractivity contribution in [3.05, 3.63) is 92.4 Å². The highest BCUT2D eigenvalue weighted by Crippen LogP contribution is 2.29. The molecule has 0 aliphatic heterocycles. The summed E-state index contributed by atoms with van der Waals surface area (Å²) in [5.74, 6) is -1.06. The summed E-state index contributed by atoms with van der Waals surface area (Å²) < 4.78 is 0. The molecule has 190 valence electrons. The van der Waals surface area contributed by atoms with Crippen LogP contribution in [0, 0.1) is 6.92 Å². The van der Waals surface area contributed by atoms with Gasteiger partial charge in [0.25, 0.3) is 5.56 Å². The van der Waals surface area contributed by atoms with Crippen molar-refractivity contribution in [1.29, 1.82) is 0 Å². The fourth-order valence-corrected chi connectivity index (χ4v) is 3.93. The Labute approximate surface area is 215 Å². The fraction of sp³-hybridized carbons (Fsp3) is 0.296. The number of aliphatic carboxylic acids is 1. The molecule has 1 aromatic heterocycles. The van der Waals surface area contributed by atoms with Crippen LogP contribution in [0.4, 0.5) is 16.2 Å². The number of carboxylic acids is 1. The van der Waals surface area contributed by atoms with Crippen molar-refractivity contribution >= 4 is 35.0 Å². The second-order valence-electron chi connectivity index (χ2n) is 9.70. The lowest BCUT2D eigenvalue weighted by atomic mass is 10.0. The number of hydrogen-bond acceptors (Lipinski definition) is 4. The monoisotopic (exact) mass is 510 g/mol. The first kappa shape index (κ1) is 26.8. The van der Waals surface area contributed by atoms with E-state index in [2.05, 4.69) is 20.9 Å². The van der Waals surface area contributed by atoms with Gasteiger partial charge in [-0.05, 0) is 50.5 Å². The van der Waals surface area contributed by atoms with Gasteiger partial charge in [0, 0.05) is 23.2 Å². The van der Waals surface area contributed by atoms with Gasteiger partial charge < -0.3 is 26.0 Å². The van der Waals surface area contributed by atoms with E-state index >= 15 is 0 Å². The molecule has 0 saturated heterocycles. The van der Waals surface area contributed by atoms with Crippen molar-refractivity contribution in [2.75, 3.05) is 10.6 Å². The number of aromatic amines is 1. The number of carbonyl (C=O) groups is 2. The average Bonchev–Trinajstić information content (AvgIpc) is 2.78. The third-order valence-electron chi connectivity index (χ3n) is 5.42. The van der Waals surface area contributed by atoms with E-state index in [9.17, 15) is 19.5 Å². The summed E-state index contributed by atoms with van der Waals surface area (Å²) >= 11 is 6.36. The van der Waals surface area contributed by atoms with Gasteiger partial charge in [-0.2, -0.15) is 0 Å². The number of carbonyl (C=O) groups excluding carboxylic acids is 1. The molecule has 2 aromatic carbocycles. The number of anilines is 2. The molecule has 0 spiro atoms. The standard InChI is InChI=1S/C27H31ClN4O4/c1-16-9-11-17(12-10-16)21(14-22(33)34)30-26(36)31-24-23(32-27(2,3)4)19(15-29-25(24)35)13-18-7-5-6-8-20(18)28/h5-12,15,21H,13-14H2,1-4H3,(H,33,34)(H2,29,32,35)(H2,30,31,36)/t21-/m0/s1. The fourth-order valence-electron chi connectivity index (χ4n) is 3.73. The molecule has 0 aliphatic rings. The second kappa shape index (κ2) is 11.3. The van der Waals surface area contributed by atoms with Gasteiger partial charge in [0.2, 0.25) is 0 Å². The third-order valence-corrected chi connectivity index (χ3v) is 5.79. The lowest BCUT2D eigenvalue weighted by Crippen LogP contribution is -2.36. The van der Waals surface area contributed by atoms with Crippen LogP contribution in [0.25, 0.3) is 0 Å². The average molecular weight is 511 g/mol. The van der Waals surface area contributed by atoms with Gasteiger partial charge in [-0.1, -0.05) is 59.6 Å². The molecular formula is C27H31ClN4O4. The molecule has 1 heterocycles. The Morgan fingerprint density at radius 3 is 2.31 bits per heavy atom. The van der Waals surface area contributed by atoms with Crippen molar-refractivity contribution in [3.8, 4) is 0 Å². The first-order chi connectivity index (χ1) is 16.9. The molecule has 0 aliphatic carbocycles. The summed E-state index contributed by atoms with van der Waals surface area (Å²) in [6, 6.07) is 13.2. The minimum absolute atomic E-state index is 0.0324. The highest BCUT2D eigenvalue weighted by Gasteiger charge is 2.23. The van der Waals surface area contributed by atoms with Gasteiger partial charge in [0.1, 0.15) is 5.69 Å². The van der Waals surface area contributed by atoms with E-state index < -0.39 is 29.1 Å². The van der Waals surface area contributed by atoms with E-state index in [1.54, 1.807) is 24.4 Å². The molecule has 36 heavy (non-hydrogen) atoms. The van der Waals surface area contributed by atoms with Crippen LogP contribution >= 0.6 is 11.6 Å². The quantitative estimate of drug-likeness (QED) is 0.275. The molecular weight excluding hydrogens is 480 g/mol. The summed E-state index contributed by atoms with van der Waals surface area (Å²) in [7, 11) is 0. The first-order valence-corrected chi connectivity index (χ1v) is 11.9. The van der Waals surface area contributed by atoms with E-state index in [0.29, 0.717) is 22.7 Å². The van der Waals surface area contributed by atoms with E-state index in [1.807, 2.05) is 58.0 Å². The number of aromatic nitrogens is 1. The Morgan fingerprint density at radius 1 is 1.03 bits per heavy atom. The zero-order chi connectivity index (χ0) is 26.5. The smallest absolute Gasteiger partial charge is 0.319 e. The van der Waals surface area contributed by atoms with Crippen LogP contribution in [0.15, 0.2) is 59.5 Å². The Hall–Kier alpha value is -3.78. The molecule has 0 bridgehead atoms. The van der Waals surface area contributed by atoms with Crippen LogP contribution in [-0.2, 0) is 11.2 Å². The van der Waals surface area contributed by atoms with Crippen LogP contribution < -0.4 is 21.5 Å². The van der Waals surface area contributed by atoms with E-state index in [0.717, 1.165) is 16.7 Å². The summed E-state index contributed by atoms with van der Waals surface area (Å²) in [6.07, 6.45) is 1.70. The Bertz CT molecular complexity index is 1300. The van der Waals surface area contributed by atoms with Crippen molar-refractivity contribution in [1.82, 2.24) is 10.3 Å². The zero-order valence-electron chi connectivity index (χ0n) is 20.7. The zero-order valence-corrected chi connectivity index (χ0v) is 21.5. The third kappa shape index (κ3) is 7.36. The molecule has 9 heteroatoms. The highest BCUT2D eigenvalue weighted by atomic mass is 35.5. The number of amides is 2. The van der Waals surface area contributed by atoms with E-state index in [-0.39, 0.29) is 12.1 Å². The molecule has 5 N–H and O–H groups in total. The molecule has 0 saturated carbocycles. The number of rotatable bonds is 8. The number of nitrogens with one attached hydrogen (secondary N) is 4. The molecule has 3 rings (SSSR count). The van der Waals surface area contributed by atoms with Gasteiger partial charge in [-0.3, -0.25) is 9.59 Å². The molecule has 0 radical (unpaired) electrons. The number of pyridine rings is 1. The van der Waals surface area contributed by atoms with Crippen molar-refractivity contribution in [3.63, 3.8) is 0 Å². The molecule has 8 nitrogen and oxygen atoms in total. The van der Waals surface area contributed by atoms with Gasteiger partial charge in [0.15, 0.2) is 0 Å².